The van der Waals surface area contributed by atoms with E-state index in [0.29, 0.717) is 21.6 Å². The first-order valence-corrected chi connectivity index (χ1v) is 7.20. The number of hydrogen-bond donors (Lipinski definition) is 2. The van der Waals surface area contributed by atoms with Crippen LogP contribution in [-0.4, -0.2) is 21.1 Å². The molecule has 0 amide bonds. The third-order valence-corrected chi connectivity index (χ3v) is 3.46. The van der Waals surface area contributed by atoms with Crippen molar-refractivity contribution in [1.82, 2.24) is 20.0 Å². The summed E-state index contributed by atoms with van der Waals surface area (Å²) in [5.74, 6) is 0.733. The Hall–Kier alpha value is -1.63. The Morgan fingerprint density at radius 1 is 1.24 bits per heavy atom. The summed E-state index contributed by atoms with van der Waals surface area (Å²) in [5.41, 5.74) is 5.84. The lowest BCUT2D eigenvalue weighted by Crippen LogP contribution is -2.30. The molecule has 1 heterocycles. The topological polar surface area (TPSA) is 71.8 Å². The van der Waals surface area contributed by atoms with Gasteiger partial charge in [0.25, 0.3) is 0 Å². The van der Waals surface area contributed by atoms with Crippen molar-refractivity contribution in [1.29, 1.82) is 0 Å². The van der Waals surface area contributed by atoms with E-state index in [1.807, 2.05) is 6.92 Å². The Bertz CT molecular complexity index is 701. The normalized spacial score (nSPS) is 10.7. The number of benzene rings is 1. The number of anilines is 1. The van der Waals surface area contributed by atoms with Gasteiger partial charge in [-0.2, -0.15) is 9.97 Å². The number of halogens is 2. The summed E-state index contributed by atoms with van der Waals surface area (Å²) < 4.78 is 1.37. The molecule has 8 heteroatoms. The molecule has 0 radical (unpaired) electrons. The number of aryl methyl sites for hydroxylation is 1. The van der Waals surface area contributed by atoms with Crippen molar-refractivity contribution in [3.8, 4) is 5.69 Å². The van der Waals surface area contributed by atoms with Gasteiger partial charge in [0.2, 0.25) is 5.95 Å². The SMILES string of the molecule is CCCNNc1nc(C)n(-c2ccc(Cl)c(Cl)c2)c(=O)n1. The summed E-state index contributed by atoms with van der Waals surface area (Å²) in [6, 6.07) is 4.92. The molecule has 2 N–H and O–H groups in total. The van der Waals surface area contributed by atoms with Gasteiger partial charge in [-0.05, 0) is 31.5 Å². The Balaban J connectivity index is 2.36. The maximum Gasteiger partial charge on any atom is 0.356 e. The first-order chi connectivity index (χ1) is 10.0. The average molecular weight is 328 g/mol. The number of hydrogen-bond acceptors (Lipinski definition) is 5. The van der Waals surface area contributed by atoms with Gasteiger partial charge in [-0.25, -0.2) is 14.8 Å². The minimum Gasteiger partial charge on any atom is -0.289 e. The van der Waals surface area contributed by atoms with Gasteiger partial charge in [-0.3, -0.25) is 5.43 Å². The van der Waals surface area contributed by atoms with E-state index in [2.05, 4.69) is 20.8 Å². The molecule has 0 aliphatic carbocycles. The maximum absolute atomic E-state index is 12.2. The molecule has 0 atom stereocenters. The number of hydrazine groups is 1. The van der Waals surface area contributed by atoms with Gasteiger partial charge in [0.05, 0.1) is 15.7 Å². The van der Waals surface area contributed by atoms with Crippen LogP contribution >= 0.6 is 23.2 Å². The molecule has 1 aromatic carbocycles. The maximum atomic E-state index is 12.2. The van der Waals surface area contributed by atoms with E-state index in [1.54, 1.807) is 25.1 Å². The van der Waals surface area contributed by atoms with Crippen molar-refractivity contribution in [2.75, 3.05) is 12.0 Å². The third kappa shape index (κ3) is 3.72. The van der Waals surface area contributed by atoms with E-state index in [1.165, 1.54) is 4.57 Å². The lowest BCUT2D eigenvalue weighted by atomic mass is 10.3. The van der Waals surface area contributed by atoms with Crippen LogP contribution in [0.15, 0.2) is 23.0 Å². The molecule has 2 aromatic rings. The van der Waals surface area contributed by atoms with Gasteiger partial charge >= 0.3 is 5.69 Å². The zero-order chi connectivity index (χ0) is 15.4. The summed E-state index contributed by atoms with van der Waals surface area (Å²) in [6.07, 6.45) is 0.951. The van der Waals surface area contributed by atoms with E-state index < -0.39 is 5.69 Å². The molecule has 6 nitrogen and oxygen atoms in total. The van der Waals surface area contributed by atoms with Crippen molar-refractivity contribution in [2.45, 2.75) is 20.3 Å². The van der Waals surface area contributed by atoms with Crippen LogP contribution in [0.1, 0.15) is 19.2 Å². The van der Waals surface area contributed by atoms with Gasteiger partial charge in [0, 0.05) is 6.54 Å². The summed E-state index contributed by atoms with van der Waals surface area (Å²) in [7, 11) is 0. The summed E-state index contributed by atoms with van der Waals surface area (Å²) >= 11 is 11.8. The highest BCUT2D eigenvalue weighted by Crippen LogP contribution is 2.24. The largest absolute Gasteiger partial charge is 0.356 e. The second-order valence-electron chi connectivity index (χ2n) is 4.36. The predicted octanol–water partition coefficient (Wildman–Crippen LogP) is 2.57. The highest BCUT2D eigenvalue weighted by atomic mass is 35.5. The molecular weight excluding hydrogens is 313 g/mol. The summed E-state index contributed by atoms with van der Waals surface area (Å²) in [4.78, 5) is 20.3. The molecule has 0 saturated heterocycles. The van der Waals surface area contributed by atoms with Gasteiger partial charge < -0.3 is 0 Å². The van der Waals surface area contributed by atoms with Crippen LogP contribution in [0.2, 0.25) is 10.0 Å². The molecule has 0 aliphatic heterocycles. The fourth-order valence-corrected chi connectivity index (χ4v) is 2.04. The van der Waals surface area contributed by atoms with Crippen LogP contribution in [0.5, 0.6) is 0 Å². The number of aromatic nitrogens is 3. The molecule has 0 saturated carbocycles. The second-order valence-corrected chi connectivity index (χ2v) is 5.18. The predicted molar refractivity (Wildman–Crippen MR) is 84.3 cm³/mol. The molecule has 1 aromatic heterocycles. The lowest BCUT2D eigenvalue weighted by Gasteiger charge is -2.11. The van der Waals surface area contributed by atoms with Crippen LogP contribution in [0.25, 0.3) is 5.69 Å². The van der Waals surface area contributed by atoms with E-state index in [9.17, 15) is 4.79 Å². The second kappa shape index (κ2) is 6.89. The zero-order valence-electron chi connectivity index (χ0n) is 11.7. The number of nitrogens with one attached hydrogen (secondary N) is 2. The van der Waals surface area contributed by atoms with Gasteiger partial charge in [0.15, 0.2) is 0 Å². The third-order valence-electron chi connectivity index (χ3n) is 2.72. The molecule has 2 rings (SSSR count). The Morgan fingerprint density at radius 2 is 2.00 bits per heavy atom. The van der Waals surface area contributed by atoms with Crippen molar-refractivity contribution in [3.63, 3.8) is 0 Å². The Labute approximate surface area is 132 Å². The molecule has 0 unspecified atom stereocenters. The van der Waals surface area contributed by atoms with Gasteiger partial charge in [0.1, 0.15) is 5.82 Å². The van der Waals surface area contributed by atoms with E-state index in [0.717, 1.165) is 13.0 Å². The quantitative estimate of drug-likeness (QED) is 0.652. The van der Waals surface area contributed by atoms with Crippen LogP contribution < -0.4 is 16.5 Å². The van der Waals surface area contributed by atoms with Crippen LogP contribution in [0.3, 0.4) is 0 Å². The highest BCUT2D eigenvalue weighted by Gasteiger charge is 2.10. The van der Waals surface area contributed by atoms with E-state index in [-0.39, 0.29) is 5.95 Å². The van der Waals surface area contributed by atoms with Crippen molar-refractivity contribution < 1.29 is 0 Å². The monoisotopic (exact) mass is 327 g/mol. The fraction of sp³-hybridized carbons (Fsp3) is 0.308. The molecule has 112 valence electrons. The van der Waals surface area contributed by atoms with Gasteiger partial charge in [-0.1, -0.05) is 30.1 Å². The molecular formula is C13H15Cl2N5O. The Kier molecular flexibility index (Phi) is 5.17. The molecule has 0 fully saturated rings. The van der Waals surface area contributed by atoms with E-state index >= 15 is 0 Å². The number of rotatable bonds is 5. The minimum atomic E-state index is -0.443. The number of nitrogens with zero attached hydrogens (tertiary/aromatic N) is 3. The smallest absolute Gasteiger partial charge is 0.289 e. The molecule has 0 spiro atoms. The first-order valence-electron chi connectivity index (χ1n) is 6.45. The highest BCUT2D eigenvalue weighted by molar-refractivity contribution is 6.42. The first kappa shape index (κ1) is 15.8. The fourth-order valence-electron chi connectivity index (χ4n) is 1.75. The standard InChI is InChI=1S/C13H15Cl2N5O/c1-3-6-16-19-12-17-8(2)20(13(21)18-12)9-4-5-10(14)11(15)7-9/h4-5,7,16H,3,6H2,1-2H3,(H,18,19,21). The Morgan fingerprint density at radius 3 is 2.62 bits per heavy atom. The molecule has 0 bridgehead atoms. The lowest BCUT2D eigenvalue weighted by molar-refractivity contribution is 0.732. The van der Waals surface area contributed by atoms with E-state index in [4.69, 9.17) is 23.2 Å². The van der Waals surface area contributed by atoms with Crippen molar-refractivity contribution >= 4 is 29.2 Å². The molecule has 21 heavy (non-hydrogen) atoms. The molecule has 0 aliphatic rings. The summed E-state index contributed by atoms with van der Waals surface area (Å²) in [5, 5.41) is 0.793. The van der Waals surface area contributed by atoms with Crippen molar-refractivity contribution in [3.05, 3.63) is 44.6 Å². The zero-order valence-corrected chi connectivity index (χ0v) is 13.2. The minimum absolute atomic E-state index is 0.238. The van der Waals surface area contributed by atoms with Gasteiger partial charge in [-0.15, -0.1) is 0 Å². The van der Waals surface area contributed by atoms with Crippen LogP contribution in [0, 0.1) is 6.92 Å². The van der Waals surface area contributed by atoms with Crippen molar-refractivity contribution in [2.24, 2.45) is 0 Å². The average Bonchev–Trinajstić information content (AvgIpc) is 2.42. The van der Waals surface area contributed by atoms with Crippen LogP contribution in [-0.2, 0) is 0 Å². The van der Waals surface area contributed by atoms with Crippen LogP contribution in [0.4, 0.5) is 5.95 Å². The summed E-state index contributed by atoms with van der Waals surface area (Å²) in [6.45, 7) is 4.50.